The first-order chi connectivity index (χ1) is 4.19. The molecule has 2 heteroatoms. The number of hydrogen-bond donors (Lipinski definition) is 0. The quantitative estimate of drug-likeness (QED) is 0.389. The largest absolute Gasteiger partial charge is 0.468 e. The van der Waals surface area contributed by atoms with Gasteiger partial charge in [-0.25, -0.2) is 0 Å². The summed E-state index contributed by atoms with van der Waals surface area (Å²) in [6, 6.07) is 0. The Bertz CT molecular complexity index is 160. The highest BCUT2D eigenvalue weighted by atomic mass is 16.5. The minimum absolute atomic E-state index is 0.134. The van der Waals surface area contributed by atoms with Crippen LogP contribution >= 0.6 is 0 Å². The fraction of sp³-hybridized carbons (Fsp3) is 0.571. The van der Waals surface area contributed by atoms with Crippen molar-refractivity contribution in [1.29, 1.82) is 0 Å². The number of hydrogen-bond acceptors (Lipinski definition) is 2. The molecule has 0 aliphatic heterocycles. The molecule has 0 saturated carbocycles. The van der Waals surface area contributed by atoms with Crippen molar-refractivity contribution in [3.63, 3.8) is 0 Å². The highest BCUT2D eigenvalue weighted by Gasteiger charge is 2.34. The van der Waals surface area contributed by atoms with Gasteiger partial charge >= 0.3 is 5.97 Å². The smallest absolute Gasteiger partial charge is 0.315 e. The summed E-state index contributed by atoms with van der Waals surface area (Å²) in [6.07, 6.45) is 4.66. The van der Waals surface area contributed by atoms with Crippen LogP contribution in [-0.2, 0) is 9.53 Å². The Hall–Kier alpha value is -0.790. The lowest BCUT2D eigenvalue weighted by Gasteiger charge is -2.27. The second kappa shape index (κ2) is 1.87. The summed E-state index contributed by atoms with van der Waals surface area (Å²) in [5.74, 6) is -0.134. The predicted molar refractivity (Wildman–Crippen MR) is 33.9 cm³/mol. The summed E-state index contributed by atoms with van der Waals surface area (Å²) in [6.45, 7) is 1.87. The number of allylic oxidation sites excluding steroid dienone is 1. The highest BCUT2D eigenvalue weighted by molar-refractivity contribution is 5.80. The first-order valence-corrected chi connectivity index (χ1v) is 2.95. The Labute approximate surface area is 54.5 Å². The van der Waals surface area contributed by atoms with Crippen molar-refractivity contribution in [2.75, 3.05) is 7.11 Å². The van der Waals surface area contributed by atoms with Crippen molar-refractivity contribution in [2.24, 2.45) is 5.41 Å². The molecular weight excluding hydrogens is 116 g/mol. The van der Waals surface area contributed by atoms with Crippen LogP contribution in [0.15, 0.2) is 12.2 Å². The number of esters is 1. The van der Waals surface area contributed by atoms with Gasteiger partial charge in [-0.05, 0) is 13.3 Å². The van der Waals surface area contributed by atoms with Crippen molar-refractivity contribution >= 4 is 5.97 Å². The Kier molecular flexibility index (Phi) is 1.31. The van der Waals surface area contributed by atoms with Gasteiger partial charge in [-0.15, -0.1) is 0 Å². The van der Waals surface area contributed by atoms with Crippen LogP contribution in [0.5, 0.6) is 0 Å². The summed E-state index contributed by atoms with van der Waals surface area (Å²) in [7, 11) is 1.42. The number of carbonyl (C=O) groups excluding carboxylic acids is 1. The van der Waals surface area contributed by atoms with Crippen LogP contribution in [0.3, 0.4) is 0 Å². The Balaban J connectivity index is 2.61. The van der Waals surface area contributed by atoms with E-state index in [1.807, 2.05) is 19.1 Å². The third kappa shape index (κ3) is 0.846. The van der Waals surface area contributed by atoms with E-state index in [4.69, 9.17) is 0 Å². The van der Waals surface area contributed by atoms with Crippen LogP contribution in [0.4, 0.5) is 0 Å². The van der Waals surface area contributed by atoms with Crippen LogP contribution in [0.25, 0.3) is 0 Å². The van der Waals surface area contributed by atoms with Crippen molar-refractivity contribution in [3.8, 4) is 0 Å². The average Bonchev–Trinajstić information content (AvgIpc) is 1.81. The van der Waals surface area contributed by atoms with Gasteiger partial charge in [0.2, 0.25) is 0 Å². The predicted octanol–water partition coefficient (Wildman–Crippen LogP) is 1.13. The van der Waals surface area contributed by atoms with Gasteiger partial charge in [0, 0.05) is 0 Å². The van der Waals surface area contributed by atoms with E-state index in [2.05, 4.69) is 4.74 Å². The van der Waals surface area contributed by atoms with Crippen LogP contribution in [0.2, 0.25) is 0 Å². The highest BCUT2D eigenvalue weighted by Crippen LogP contribution is 2.33. The first-order valence-electron chi connectivity index (χ1n) is 2.95. The van der Waals surface area contributed by atoms with E-state index in [1.54, 1.807) is 0 Å². The molecule has 1 aliphatic carbocycles. The zero-order valence-electron chi connectivity index (χ0n) is 5.68. The number of ether oxygens (including phenoxy) is 1. The van der Waals surface area contributed by atoms with Crippen molar-refractivity contribution in [3.05, 3.63) is 12.2 Å². The molecule has 0 amide bonds. The third-order valence-corrected chi connectivity index (χ3v) is 1.68. The molecule has 0 N–H and O–H groups in total. The van der Waals surface area contributed by atoms with Gasteiger partial charge in [0.15, 0.2) is 0 Å². The molecular formula is C7H10O2. The third-order valence-electron chi connectivity index (χ3n) is 1.68. The van der Waals surface area contributed by atoms with Gasteiger partial charge < -0.3 is 4.74 Å². The van der Waals surface area contributed by atoms with Crippen LogP contribution in [0, 0.1) is 5.41 Å². The molecule has 2 nitrogen and oxygen atoms in total. The molecule has 50 valence electrons. The lowest BCUT2D eigenvalue weighted by molar-refractivity contribution is -0.149. The lowest BCUT2D eigenvalue weighted by atomic mass is 9.78. The van der Waals surface area contributed by atoms with E-state index in [-0.39, 0.29) is 11.4 Å². The second-order valence-electron chi connectivity index (χ2n) is 2.52. The van der Waals surface area contributed by atoms with E-state index < -0.39 is 0 Å². The fourth-order valence-electron chi connectivity index (χ4n) is 0.856. The molecule has 0 spiro atoms. The second-order valence-corrected chi connectivity index (χ2v) is 2.52. The van der Waals surface area contributed by atoms with E-state index in [0.29, 0.717) is 0 Å². The van der Waals surface area contributed by atoms with Crippen molar-refractivity contribution < 1.29 is 9.53 Å². The molecule has 0 bridgehead atoms. The maximum absolute atomic E-state index is 10.8. The number of carbonyl (C=O) groups is 1. The maximum Gasteiger partial charge on any atom is 0.315 e. The van der Waals surface area contributed by atoms with Gasteiger partial charge in [-0.3, -0.25) is 4.79 Å². The summed E-state index contributed by atoms with van der Waals surface area (Å²) in [4.78, 5) is 10.8. The molecule has 0 aromatic heterocycles. The molecule has 0 unspecified atom stereocenters. The summed E-state index contributed by atoms with van der Waals surface area (Å²) in [5.41, 5.74) is -0.311. The molecule has 1 rings (SSSR count). The monoisotopic (exact) mass is 126 g/mol. The van der Waals surface area contributed by atoms with Gasteiger partial charge in [0.1, 0.15) is 0 Å². The number of methoxy groups -OCH3 is 1. The van der Waals surface area contributed by atoms with Crippen LogP contribution < -0.4 is 0 Å². The van der Waals surface area contributed by atoms with Gasteiger partial charge in [0.25, 0.3) is 0 Å². The van der Waals surface area contributed by atoms with Crippen molar-refractivity contribution in [1.82, 2.24) is 0 Å². The van der Waals surface area contributed by atoms with Gasteiger partial charge in [-0.1, -0.05) is 12.2 Å². The topological polar surface area (TPSA) is 26.3 Å². The van der Waals surface area contributed by atoms with E-state index in [9.17, 15) is 4.79 Å². The molecule has 0 saturated heterocycles. The van der Waals surface area contributed by atoms with Crippen molar-refractivity contribution in [2.45, 2.75) is 13.3 Å². The van der Waals surface area contributed by atoms with Crippen LogP contribution in [-0.4, -0.2) is 13.1 Å². The molecule has 0 heterocycles. The summed E-state index contributed by atoms with van der Waals surface area (Å²) in [5, 5.41) is 0. The van der Waals surface area contributed by atoms with Gasteiger partial charge in [-0.2, -0.15) is 0 Å². The molecule has 0 radical (unpaired) electrons. The Morgan fingerprint density at radius 2 is 2.33 bits per heavy atom. The zero-order valence-corrected chi connectivity index (χ0v) is 5.68. The Morgan fingerprint density at radius 3 is 2.44 bits per heavy atom. The minimum atomic E-state index is -0.311. The van der Waals surface area contributed by atoms with E-state index >= 15 is 0 Å². The molecule has 1 aliphatic rings. The molecule has 0 aromatic rings. The molecule has 0 aromatic carbocycles. The lowest BCUT2D eigenvalue weighted by Crippen LogP contribution is -2.30. The maximum atomic E-state index is 10.8. The Morgan fingerprint density at radius 1 is 1.78 bits per heavy atom. The zero-order chi connectivity index (χ0) is 6.91. The van der Waals surface area contributed by atoms with E-state index in [1.165, 1.54) is 7.11 Å². The minimum Gasteiger partial charge on any atom is -0.468 e. The standard InChI is InChI=1S/C7H10O2/c1-7(4-3-5-7)6(8)9-2/h3-4H,5H2,1-2H3/t7-/m0/s1. The molecule has 0 fully saturated rings. The van der Waals surface area contributed by atoms with Gasteiger partial charge in [0.05, 0.1) is 12.5 Å². The average molecular weight is 126 g/mol. The summed E-state index contributed by atoms with van der Waals surface area (Å²) < 4.78 is 4.57. The number of rotatable bonds is 1. The SMILES string of the molecule is COC(=O)[C@@]1(C)C=CC1. The summed E-state index contributed by atoms with van der Waals surface area (Å²) >= 11 is 0. The molecule has 1 atom stereocenters. The molecule has 9 heavy (non-hydrogen) atoms. The van der Waals surface area contributed by atoms with E-state index in [0.717, 1.165) is 6.42 Å². The first kappa shape index (κ1) is 6.33. The van der Waals surface area contributed by atoms with Crippen LogP contribution in [0.1, 0.15) is 13.3 Å². The normalized spacial score (nSPS) is 31.3. The fourth-order valence-corrected chi connectivity index (χ4v) is 0.856.